The first-order chi connectivity index (χ1) is 15.1. The second-order valence-electron chi connectivity index (χ2n) is 6.65. The number of hydrogen-bond acceptors (Lipinski definition) is 7. The molecule has 0 aliphatic heterocycles. The molecule has 156 valence electrons. The van der Waals surface area contributed by atoms with E-state index < -0.39 is 11.3 Å². The van der Waals surface area contributed by atoms with Gasteiger partial charge in [0.1, 0.15) is 11.5 Å². The summed E-state index contributed by atoms with van der Waals surface area (Å²) in [6.45, 7) is 0.224. The van der Waals surface area contributed by atoms with Crippen molar-refractivity contribution in [3.8, 4) is 33.9 Å². The van der Waals surface area contributed by atoms with Crippen LogP contribution in [-0.2, 0) is 17.8 Å². The maximum Gasteiger partial charge on any atom is 0.180 e. The Hall–Kier alpha value is -3.53. The zero-order valence-electron chi connectivity index (χ0n) is 16.6. The van der Waals surface area contributed by atoms with E-state index in [2.05, 4.69) is 25.0 Å². The molecule has 3 aromatic heterocycles. The number of anilines is 1. The molecule has 0 radical (unpaired) electrons. The lowest BCUT2D eigenvalue weighted by molar-refractivity contribution is 0.522. The van der Waals surface area contributed by atoms with Crippen molar-refractivity contribution in [2.45, 2.75) is 6.54 Å². The van der Waals surface area contributed by atoms with E-state index in [0.29, 0.717) is 23.0 Å². The Morgan fingerprint density at radius 3 is 2.58 bits per heavy atom. The topological polar surface area (TPSA) is 116 Å². The van der Waals surface area contributed by atoms with E-state index in [1.807, 2.05) is 54.6 Å². The summed E-state index contributed by atoms with van der Waals surface area (Å²) in [5, 5.41) is 3.07. The third-order valence-electron chi connectivity index (χ3n) is 4.56. The van der Waals surface area contributed by atoms with Gasteiger partial charge in [0.05, 0.1) is 5.69 Å². The monoisotopic (exact) mass is 431 g/mol. The summed E-state index contributed by atoms with van der Waals surface area (Å²) in [6, 6.07) is 17.1. The molecule has 0 bridgehead atoms. The summed E-state index contributed by atoms with van der Waals surface area (Å²) in [5.41, 5.74) is 4.90. The molecule has 0 fully saturated rings. The minimum absolute atomic E-state index is 0.224. The molecule has 3 heterocycles. The highest BCUT2D eigenvalue weighted by atomic mass is 32.2. The lowest BCUT2D eigenvalue weighted by Crippen LogP contribution is -2.15. The van der Waals surface area contributed by atoms with Crippen molar-refractivity contribution in [2.75, 3.05) is 12.4 Å². The predicted molar refractivity (Wildman–Crippen MR) is 119 cm³/mol. The fourth-order valence-corrected chi connectivity index (χ4v) is 3.36. The summed E-state index contributed by atoms with van der Waals surface area (Å²) in [5.74, 6) is 1.20. The first-order valence-electron chi connectivity index (χ1n) is 9.48. The van der Waals surface area contributed by atoms with Crippen molar-refractivity contribution in [3.63, 3.8) is 0 Å². The fourth-order valence-electron chi connectivity index (χ4n) is 3.07. The quantitative estimate of drug-likeness (QED) is 0.432. The molecule has 0 amide bonds. The largest absolute Gasteiger partial charge is 0.760 e. The van der Waals surface area contributed by atoms with Crippen LogP contribution in [0.5, 0.6) is 0 Å². The Labute approximate surface area is 182 Å². The Kier molecular flexibility index (Phi) is 6.37. The Balaban J connectivity index is 1.71. The molecule has 0 aliphatic carbocycles. The van der Waals surface area contributed by atoms with Gasteiger partial charge in [-0.1, -0.05) is 24.3 Å². The average Bonchev–Trinajstić information content (AvgIpc) is 2.83. The van der Waals surface area contributed by atoms with E-state index in [0.717, 1.165) is 22.3 Å². The highest BCUT2D eigenvalue weighted by Gasteiger charge is 2.10. The maximum absolute atomic E-state index is 10.8. The summed E-state index contributed by atoms with van der Waals surface area (Å²) in [7, 11) is 1.80. The molecule has 9 heteroatoms. The normalized spacial score (nSPS) is 11.8. The number of aromatic nitrogens is 4. The molecular weight excluding hydrogens is 412 g/mol. The molecule has 4 aromatic rings. The molecule has 0 saturated carbocycles. The van der Waals surface area contributed by atoms with Crippen LogP contribution in [0.3, 0.4) is 0 Å². The van der Waals surface area contributed by atoms with Gasteiger partial charge in [0.15, 0.2) is 5.82 Å². The molecular formula is C22H19N6O2S-. The van der Waals surface area contributed by atoms with E-state index >= 15 is 0 Å². The van der Waals surface area contributed by atoms with Crippen LogP contribution in [0, 0.1) is 0 Å². The molecule has 1 aromatic carbocycles. The molecule has 4 rings (SSSR count). The Bertz CT molecular complexity index is 1220. The van der Waals surface area contributed by atoms with Crippen LogP contribution in [0.25, 0.3) is 33.9 Å². The number of pyridine rings is 2. The Morgan fingerprint density at radius 1 is 0.935 bits per heavy atom. The van der Waals surface area contributed by atoms with E-state index in [9.17, 15) is 8.76 Å². The van der Waals surface area contributed by atoms with E-state index in [4.69, 9.17) is 4.98 Å². The SMILES string of the molecule is CNc1cc(-c2cncc(-c3cccc(CNS(=O)[O-])c3)c2)nc(-c2ccccn2)n1. The van der Waals surface area contributed by atoms with Gasteiger partial charge < -0.3 is 9.87 Å². The third-order valence-corrected chi connectivity index (χ3v) is 4.94. The molecule has 0 spiro atoms. The Morgan fingerprint density at radius 2 is 1.81 bits per heavy atom. The van der Waals surface area contributed by atoms with Crippen LogP contribution >= 0.6 is 0 Å². The second-order valence-corrected chi connectivity index (χ2v) is 7.40. The van der Waals surface area contributed by atoms with Gasteiger partial charge >= 0.3 is 0 Å². The van der Waals surface area contributed by atoms with Crippen LogP contribution in [0.1, 0.15) is 5.56 Å². The third kappa shape index (κ3) is 5.15. The van der Waals surface area contributed by atoms with Crippen LogP contribution < -0.4 is 10.0 Å². The molecule has 31 heavy (non-hydrogen) atoms. The highest BCUT2D eigenvalue weighted by Crippen LogP contribution is 2.27. The molecule has 1 unspecified atom stereocenters. The average molecular weight is 432 g/mol. The van der Waals surface area contributed by atoms with Crippen molar-refractivity contribution in [2.24, 2.45) is 0 Å². The minimum atomic E-state index is -2.30. The van der Waals surface area contributed by atoms with Crippen molar-refractivity contribution in [3.05, 3.63) is 78.8 Å². The lowest BCUT2D eigenvalue weighted by Gasteiger charge is -2.10. The molecule has 2 N–H and O–H groups in total. The smallest absolute Gasteiger partial charge is 0.180 e. The zero-order chi connectivity index (χ0) is 21.6. The first kappa shape index (κ1) is 20.7. The predicted octanol–water partition coefficient (Wildman–Crippen LogP) is 3.19. The van der Waals surface area contributed by atoms with E-state index in [1.54, 1.807) is 25.6 Å². The number of nitrogens with one attached hydrogen (secondary N) is 2. The van der Waals surface area contributed by atoms with E-state index in [-0.39, 0.29) is 6.54 Å². The first-order valence-corrected chi connectivity index (χ1v) is 10.6. The van der Waals surface area contributed by atoms with Crippen LogP contribution in [0.2, 0.25) is 0 Å². The summed E-state index contributed by atoms with van der Waals surface area (Å²) < 4.78 is 23.9. The maximum atomic E-state index is 10.8. The van der Waals surface area contributed by atoms with Crippen molar-refractivity contribution < 1.29 is 8.76 Å². The summed E-state index contributed by atoms with van der Waals surface area (Å²) in [4.78, 5) is 17.9. The highest BCUT2D eigenvalue weighted by molar-refractivity contribution is 7.77. The van der Waals surface area contributed by atoms with Crippen molar-refractivity contribution >= 4 is 17.1 Å². The van der Waals surface area contributed by atoms with Gasteiger partial charge in [-0.25, -0.2) is 14.7 Å². The van der Waals surface area contributed by atoms with Crippen molar-refractivity contribution in [1.82, 2.24) is 24.7 Å². The number of rotatable bonds is 7. The molecule has 0 aliphatic rings. The number of nitrogens with zero attached hydrogens (tertiary/aromatic N) is 4. The standard InChI is InChI=1S/C22H20N6O2S/c1-23-21-11-20(27-22(28-21)19-7-2-3-8-25-19)18-10-17(13-24-14-18)16-6-4-5-15(9-16)12-26-31(29)30/h2-11,13-14,26H,12H2,1H3,(H,29,30)(H,23,27,28)/p-1. The van der Waals surface area contributed by atoms with Gasteiger partial charge in [0.2, 0.25) is 0 Å². The number of benzene rings is 1. The van der Waals surface area contributed by atoms with Crippen LogP contribution in [0.4, 0.5) is 5.82 Å². The van der Waals surface area contributed by atoms with Gasteiger partial charge in [-0.2, -0.15) is 0 Å². The summed E-state index contributed by atoms with van der Waals surface area (Å²) >= 11 is -2.30. The number of hydrogen-bond donors (Lipinski definition) is 2. The van der Waals surface area contributed by atoms with Gasteiger partial charge in [-0.3, -0.25) is 14.2 Å². The van der Waals surface area contributed by atoms with Gasteiger partial charge in [0.25, 0.3) is 0 Å². The van der Waals surface area contributed by atoms with Crippen LogP contribution in [-0.4, -0.2) is 35.7 Å². The fraction of sp³-hybridized carbons (Fsp3) is 0.0909. The van der Waals surface area contributed by atoms with Crippen molar-refractivity contribution in [1.29, 1.82) is 0 Å². The lowest BCUT2D eigenvalue weighted by atomic mass is 10.0. The van der Waals surface area contributed by atoms with E-state index in [1.165, 1.54) is 0 Å². The second kappa shape index (κ2) is 9.52. The summed E-state index contributed by atoms with van der Waals surface area (Å²) in [6.07, 6.45) is 5.22. The van der Waals surface area contributed by atoms with Crippen LogP contribution in [0.15, 0.2) is 73.2 Å². The van der Waals surface area contributed by atoms with Gasteiger partial charge in [-0.15, -0.1) is 0 Å². The molecule has 8 nitrogen and oxygen atoms in total. The zero-order valence-corrected chi connectivity index (χ0v) is 17.5. The molecule has 0 saturated heterocycles. The minimum Gasteiger partial charge on any atom is -0.760 e. The van der Waals surface area contributed by atoms with Gasteiger partial charge in [0, 0.05) is 60.6 Å². The van der Waals surface area contributed by atoms with Gasteiger partial charge in [-0.05, 0) is 35.4 Å². The molecule has 1 atom stereocenters.